The molecule has 1 aromatic heterocycles. The maximum absolute atomic E-state index is 12.7. The highest BCUT2D eigenvalue weighted by molar-refractivity contribution is 5.91. The third kappa shape index (κ3) is 3.82. The molecule has 1 aliphatic heterocycles. The van der Waals surface area contributed by atoms with E-state index < -0.39 is 81.8 Å². The van der Waals surface area contributed by atoms with E-state index in [0.717, 1.165) is 24.3 Å². The Labute approximate surface area is 188 Å². The fourth-order valence-corrected chi connectivity index (χ4v) is 3.48. The molecular weight excluding hydrogens is 460 g/mol. The Morgan fingerprint density at radius 2 is 1.56 bits per heavy atom. The number of hydrogen-bond donors (Lipinski definition) is 8. The molecule has 13 heteroatoms. The molecule has 1 aliphatic rings. The summed E-state index contributed by atoms with van der Waals surface area (Å²) in [4.78, 5) is 24.0. The van der Waals surface area contributed by atoms with Gasteiger partial charge >= 0.3 is 5.97 Å². The summed E-state index contributed by atoms with van der Waals surface area (Å²) < 4.78 is 16.0. The van der Waals surface area contributed by atoms with Gasteiger partial charge in [-0.25, -0.2) is 4.79 Å². The monoisotopic (exact) mass is 478 g/mol. The van der Waals surface area contributed by atoms with E-state index in [2.05, 4.69) is 0 Å². The second kappa shape index (κ2) is 8.39. The molecule has 3 aromatic rings. The highest BCUT2D eigenvalue weighted by Crippen LogP contribution is 2.42. The highest BCUT2D eigenvalue weighted by Gasteiger charge is 2.48. The molecule has 180 valence electrons. The Bertz CT molecular complexity index is 1330. The molecule has 2 unspecified atom stereocenters. The molecule has 4 rings (SSSR count). The average Bonchev–Trinajstić information content (AvgIpc) is 2.77. The number of fused-ring (bicyclic) bond motifs is 1. The molecule has 2 aromatic carbocycles. The molecule has 1 fully saturated rings. The van der Waals surface area contributed by atoms with Crippen LogP contribution in [0.2, 0.25) is 0 Å². The van der Waals surface area contributed by atoms with Crippen LogP contribution in [0, 0.1) is 0 Å². The van der Waals surface area contributed by atoms with Gasteiger partial charge in [-0.2, -0.15) is 0 Å². The van der Waals surface area contributed by atoms with Gasteiger partial charge in [0.15, 0.2) is 34.4 Å². The van der Waals surface area contributed by atoms with Crippen molar-refractivity contribution in [2.75, 3.05) is 0 Å². The van der Waals surface area contributed by atoms with Crippen molar-refractivity contribution >= 4 is 16.9 Å². The van der Waals surface area contributed by atoms with E-state index in [1.54, 1.807) is 0 Å². The van der Waals surface area contributed by atoms with Crippen molar-refractivity contribution in [3.63, 3.8) is 0 Å². The Morgan fingerprint density at radius 1 is 0.853 bits per heavy atom. The van der Waals surface area contributed by atoms with Crippen molar-refractivity contribution in [3.8, 4) is 40.1 Å². The van der Waals surface area contributed by atoms with E-state index in [-0.39, 0.29) is 11.3 Å². The molecule has 8 N–H and O–H groups in total. The lowest BCUT2D eigenvalue weighted by molar-refractivity contribution is -0.271. The summed E-state index contributed by atoms with van der Waals surface area (Å²) in [6.45, 7) is 0. The van der Waals surface area contributed by atoms with Gasteiger partial charge in [0.2, 0.25) is 12.0 Å². The van der Waals surface area contributed by atoms with Gasteiger partial charge in [0.1, 0.15) is 35.2 Å². The first-order chi connectivity index (χ1) is 16.0. The predicted molar refractivity (Wildman–Crippen MR) is 110 cm³/mol. The molecule has 1 saturated heterocycles. The number of phenols is 4. The SMILES string of the molecule is O=C(O)C1O[C@@H](Oc2c(O)cc(O)c3c(=O)cc(-c4ccc(O)c(O)c4)oc23)C(O)[C@@H](O)[C@@H]1O. The van der Waals surface area contributed by atoms with Gasteiger partial charge in [-0.1, -0.05) is 0 Å². The van der Waals surface area contributed by atoms with Crippen LogP contribution in [0.1, 0.15) is 0 Å². The van der Waals surface area contributed by atoms with E-state index in [4.69, 9.17) is 13.9 Å². The van der Waals surface area contributed by atoms with Crippen molar-refractivity contribution in [2.45, 2.75) is 30.7 Å². The van der Waals surface area contributed by atoms with Crippen LogP contribution >= 0.6 is 0 Å². The number of aliphatic hydroxyl groups excluding tert-OH is 3. The zero-order valence-electron chi connectivity index (χ0n) is 16.9. The van der Waals surface area contributed by atoms with Crippen LogP contribution in [0.4, 0.5) is 0 Å². The molecule has 0 bridgehead atoms. The molecular formula is C21H18O13. The molecule has 0 aliphatic carbocycles. The van der Waals surface area contributed by atoms with Gasteiger partial charge in [-0.05, 0) is 18.2 Å². The molecule has 34 heavy (non-hydrogen) atoms. The molecule has 5 atom stereocenters. The molecule has 13 nitrogen and oxygen atoms in total. The summed E-state index contributed by atoms with van der Waals surface area (Å²) in [5.41, 5.74) is -1.24. The van der Waals surface area contributed by atoms with E-state index >= 15 is 0 Å². The second-order valence-electron chi connectivity index (χ2n) is 7.48. The maximum Gasteiger partial charge on any atom is 0.335 e. The van der Waals surface area contributed by atoms with E-state index in [0.29, 0.717) is 0 Å². The Kier molecular flexibility index (Phi) is 5.70. The van der Waals surface area contributed by atoms with E-state index in [1.165, 1.54) is 6.07 Å². The molecule has 2 heterocycles. The van der Waals surface area contributed by atoms with Crippen LogP contribution in [0.25, 0.3) is 22.3 Å². The number of aromatic hydroxyl groups is 4. The fraction of sp³-hybridized carbons (Fsp3) is 0.238. The maximum atomic E-state index is 12.7. The fourth-order valence-electron chi connectivity index (χ4n) is 3.48. The van der Waals surface area contributed by atoms with Crippen LogP contribution in [0.5, 0.6) is 28.7 Å². The van der Waals surface area contributed by atoms with Gasteiger partial charge in [0, 0.05) is 17.7 Å². The first-order valence-electron chi connectivity index (χ1n) is 9.64. The van der Waals surface area contributed by atoms with Crippen LogP contribution in [0.3, 0.4) is 0 Å². The number of phenolic OH excluding ortho intramolecular Hbond substituents is 4. The van der Waals surface area contributed by atoms with Crippen LogP contribution in [-0.2, 0) is 9.53 Å². The predicted octanol–water partition coefficient (Wildman–Crippen LogP) is -0.447. The minimum Gasteiger partial charge on any atom is -0.507 e. The smallest absolute Gasteiger partial charge is 0.335 e. The molecule has 0 saturated carbocycles. The number of hydrogen-bond acceptors (Lipinski definition) is 12. The number of aliphatic carboxylic acids is 1. The van der Waals surface area contributed by atoms with Gasteiger partial charge < -0.3 is 54.7 Å². The topological polar surface area (TPSA) is 228 Å². The van der Waals surface area contributed by atoms with E-state index in [1.807, 2.05) is 0 Å². The van der Waals surface area contributed by atoms with Gasteiger partial charge in [0.25, 0.3) is 0 Å². The molecule has 0 spiro atoms. The van der Waals surface area contributed by atoms with Crippen LogP contribution in [0.15, 0.2) is 39.5 Å². The summed E-state index contributed by atoms with van der Waals surface area (Å²) in [7, 11) is 0. The highest BCUT2D eigenvalue weighted by atomic mass is 16.7. The lowest BCUT2D eigenvalue weighted by Crippen LogP contribution is -2.61. The van der Waals surface area contributed by atoms with Gasteiger partial charge in [-0.15, -0.1) is 0 Å². The first-order valence-corrected chi connectivity index (χ1v) is 9.64. The van der Waals surface area contributed by atoms with Crippen molar-refractivity contribution in [1.29, 1.82) is 0 Å². The second-order valence-corrected chi connectivity index (χ2v) is 7.48. The van der Waals surface area contributed by atoms with Crippen LogP contribution < -0.4 is 10.2 Å². The number of carboxylic acids is 1. The standard InChI is InChI=1S/C21H18O13/c22-7-2-1-6(3-8(7)23)12-5-10(25)13-9(24)4-11(26)17(18(13)32-12)33-21-16(29)14(27)15(28)19(34-21)20(30)31/h1-5,14-16,19,21-24,26-29H,(H,30,31)/t14-,15-,16?,19?,21+/m0/s1. The quantitative estimate of drug-likeness (QED) is 0.223. The first kappa shape index (κ1) is 23.1. The van der Waals surface area contributed by atoms with Crippen LogP contribution in [-0.4, -0.2) is 77.5 Å². The summed E-state index contributed by atoms with van der Waals surface area (Å²) in [5, 5.41) is 78.5. The lowest BCUT2D eigenvalue weighted by atomic mass is 9.99. The van der Waals surface area contributed by atoms with Gasteiger partial charge in [-0.3, -0.25) is 4.79 Å². The number of benzene rings is 2. The number of aliphatic hydroxyl groups is 3. The Morgan fingerprint density at radius 3 is 2.21 bits per heavy atom. The van der Waals surface area contributed by atoms with Crippen molar-refractivity contribution < 1.29 is 59.5 Å². The summed E-state index contributed by atoms with van der Waals surface area (Å²) in [6, 6.07) is 5.19. The van der Waals surface area contributed by atoms with Crippen molar-refractivity contribution in [2.24, 2.45) is 0 Å². The normalized spacial score (nSPS) is 24.7. The summed E-state index contributed by atoms with van der Waals surface area (Å²) >= 11 is 0. The summed E-state index contributed by atoms with van der Waals surface area (Å²) in [5.74, 6) is -4.99. The minimum absolute atomic E-state index is 0.113. The van der Waals surface area contributed by atoms with Gasteiger partial charge in [0.05, 0.1) is 0 Å². The zero-order chi connectivity index (χ0) is 24.9. The Balaban J connectivity index is 1.85. The zero-order valence-corrected chi connectivity index (χ0v) is 16.9. The lowest BCUT2D eigenvalue weighted by Gasteiger charge is -2.38. The Hall–Kier alpha value is -4.04. The third-order valence-corrected chi connectivity index (χ3v) is 5.22. The number of rotatable bonds is 4. The average molecular weight is 478 g/mol. The summed E-state index contributed by atoms with van der Waals surface area (Å²) in [6.07, 6.45) is -9.95. The largest absolute Gasteiger partial charge is 0.507 e. The minimum atomic E-state index is -2.01. The number of carbonyl (C=O) groups is 1. The molecule has 0 radical (unpaired) electrons. The van der Waals surface area contributed by atoms with Crippen molar-refractivity contribution in [3.05, 3.63) is 40.6 Å². The third-order valence-electron chi connectivity index (χ3n) is 5.22. The number of carboxylic acid groups (broad SMARTS) is 1. The molecule has 0 amide bonds. The van der Waals surface area contributed by atoms with E-state index in [9.17, 15) is 50.4 Å². The number of ether oxygens (including phenoxy) is 2. The van der Waals surface area contributed by atoms with Crippen molar-refractivity contribution in [1.82, 2.24) is 0 Å².